The van der Waals surface area contributed by atoms with Gasteiger partial charge in [0.15, 0.2) is 0 Å². The Bertz CT molecular complexity index is 601. The third-order valence-electron chi connectivity index (χ3n) is 4.59. The van der Waals surface area contributed by atoms with Gasteiger partial charge in [0.05, 0.1) is 12.5 Å². The van der Waals surface area contributed by atoms with Crippen LogP contribution in [0.5, 0.6) is 0 Å². The van der Waals surface area contributed by atoms with E-state index in [0.29, 0.717) is 13.1 Å². The van der Waals surface area contributed by atoms with E-state index in [2.05, 4.69) is 0 Å². The lowest BCUT2D eigenvalue weighted by Gasteiger charge is -2.27. The Balaban J connectivity index is 1.71. The van der Waals surface area contributed by atoms with Crippen molar-refractivity contribution in [1.82, 2.24) is 9.80 Å². The van der Waals surface area contributed by atoms with Crippen LogP contribution in [-0.2, 0) is 11.3 Å². The number of alkyl halides is 2. The molecule has 2 atom stereocenters. The Morgan fingerprint density at radius 3 is 2.54 bits per heavy atom. The summed E-state index contributed by atoms with van der Waals surface area (Å²) in [5.41, 5.74) is 0.380. The summed E-state index contributed by atoms with van der Waals surface area (Å²) in [4.78, 5) is 15.4. The number of hydrogen-bond donors (Lipinski definition) is 0. The Morgan fingerprint density at radius 1 is 1.25 bits per heavy atom. The van der Waals surface area contributed by atoms with Crippen molar-refractivity contribution in [2.75, 3.05) is 19.6 Å². The summed E-state index contributed by atoms with van der Waals surface area (Å²) in [6.45, 7) is 5.90. The van der Waals surface area contributed by atoms with Crippen LogP contribution in [0.3, 0.4) is 0 Å². The van der Waals surface area contributed by atoms with Crippen LogP contribution in [0.1, 0.15) is 26.3 Å². The number of amides is 1. The third-order valence-corrected chi connectivity index (χ3v) is 4.59. The second-order valence-electron chi connectivity index (χ2n) is 7.71. The lowest BCUT2D eigenvalue weighted by atomic mass is 10.0. The number of nitrogens with zero attached hydrogens (tertiary/aromatic N) is 2. The fourth-order valence-electron chi connectivity index (χ4n) is 3.54. The van der Waals surface area contributed by atoms with Gasteiger partial charge in [-0.1, -0.05) is 30.3 Å². The van der Waals surface area contributed by atoms with Crippen molar-refractivity contribution in [3.05, 3.63) is 35.9 Å². The van der Waals surface area contributed by atoms with Gasteiger partial charge >= 0.3 is 6.09 Å². The molecule has 0 aliphatic carbocycles. The van der Waals surface area contributed by atoms with Crippen molar-refractivity contribution in [1.29, 1.82) is 0 Å². The molecule has 1 aromatic rings. The lowest BCUT2D eigenvalue weighted by Crippen LogP contribution is -2.40. The molecule has 4 nitrogen and oxygen atoms in total. The van der Waals surface area contributed by atoms with Gasteiger partial charge in [-0.05, 0) is 26.3 Å². The normalized spacial score (nSPS) is 26.5. The van der Waals surface area contributed by atoms with Crippen LogP contribution in [0.25, 0.3) is 0 Å². The maximum absolute atomic E-state index is 14.4. The van der Waals surface area contributed by atoms with Crippen LogP contribution in [0.4, 0.5) is 13.6 Å². The van der Waals surface area contributed by atoms with Gasteiger partial charge < -0.3 is 9.64 Å². The average molecular weight is 338 g/mol. The molecule has 1 aromatic carbocycles. The Labute approximate surface area is 141 Å². The fraction of sp³-hybridized carbons (Fsp3) is 0.611. The first-order valence-corrected chi connectivity index (χ1v) is 8.29. The van der Waals surface area contributed by atoms with Gasteiger partial charge in [-0.3, -0.25) is 4.90 Å². The van der Waals surface area contributed by atoms with E-state index in [0.717, 1.165) is 5.56 Å². The number of fused-ring (bicyclic) bond motifs is 1. The van der Waals surface area contributed by atoms with E-state index in [1.165, 1.54) is 4.90 Å². The van der Waals surface area contributed by atoms with Crippen LogP contribution in [0.15, 0.2) is 30.3 Å². The molecule has 0 unspecified atom stereocenters. The van der Waals surface area contributed by atoms with Crippen LogP contribution in [-0.4, -0.2) is 53.1 Å². The summed E-state index contributed by atoms with van der Waals surface area (Å²) in [5.74, 6) is -3.61. The van der Waals surface area contributed by atoms with Crippen LogP contribution < -0.4 is 0 Å². The van der Waals surface area contributed by atoms with Crippen molar-refractivity contribution in [2.45, 2.75) is 44.9 Å². The minimum atomic E-state index is -2.78. The number of benzene rings is 1. The zero-order chi connectivity index (χ0) is 17.5. The van der Waals surface area contributed by atoms with Crippen LogP contribution in [0, 0.1) is 5.92 Å². The standard InChI is InChI=1S/C18H24F2N2O2/c1-17(2,3)24-16(23)21-10-14-15(11-21)22(12-18(14,19)20)9-13-7-5-4-6-8-13/h4-8,14-15H,9-12H2,1-3H3/t14-,15+/m1/s1. The van der Waals surface area contributed by atoms with Crippen molar-refractivity contribution in [2.24, 2.45) is 5.92 Å². The zero-order valence-corrected chi connectivity index (χ0v) is 14.3. The van der Waals surface area contributed by atoms with E-state index < -0.39 is 23.5 Å². The minimum absolute atomic E-state index is 0.0534. The Morgan fingerprint density at radius 2 is 1.92 bits per heavy atom. The zero-order valence-electron chi connectivity index (χ0n) is 14.3. The summed E-state index contributed by atoms with van der Waals surface area (Å²) in [5, 5.41) is 0. The molecule has 0 N–H and O–H groups in total. The predicted molar refractivity (Wildman–Crippen MR) is 86.9 cm³/mol. The minimum Gasteiger partial charge on any atom is -0.444 e. The maximum atomic E-state index is 14.4. The Hall–Kier alpha value is -1.69. The second kappa shape index (κ2) is 5.99. The molecule has 2 aliphatic rings. The Kier molecular flexibility index (Phi) is 4.28. The highest BCUT2D eigenvalue weighted by atomic mass is 19.3. The van der Waals surface area contributed by atoms with Gasteiger partial charge in [0.2, 0.25) is 0 Å². The molecule has 2 aliphatic heterocycles. The number of hydrogen-bond acceptors (Lipinski definition) is 3. The molecule has 0 radical (unpaired) electrons. The number of rotatable bonds is 2. The average Bonchev–Trinajstić information content (AvgIpc) is 2.99. The highest BCUT2D eigenvalue weighted by Crippen LogP contribution is 2.43. The predicted octanol–water partition coefficient (Wildman–Crippen LogP) is 3.37. The third kappa shape index (κ3) is 3.53. The molecule has 0 spiro atoms. The summed E-state index contributed by atoms with van der Waals surface area (Å²) in [6, 6.07) is 9.27. The molecule has 0 bridgehead atoms. The van der Waals surface area contributed by atoms with E-state index in [1.807, 2.05) is 30.3 Å². The first-order valence-electron chi connectivity index (χ1n) is 8.29. The summed E-state index contributed by atoms with van der Waals surface area (Å²) < 4.78 is 34.1. The van der Waals surface area contributed by atoms with Crippen LogP contribution in [0.2, 0.25) is 0 Å². The number of likely N-dealkylation sites (tertiary alicyclic amines) is 2. The van der Waals surface area contributed by atoms with Gasteiger partial charge in [0.1, 0.15) is 5.60 Å². The number of ether oxygens (including phenoxy) is 1. The summed E-state index contributed by atoms with van der Waals surface area (Å²) in [6.07, 6.45) is -0.507. The van der Waals surface area contributed by atoms with Gasteiger partial charge in [-0.2, -0.15) is 0 Å². The fourth-order valence-corrected chi connectivity index (χ4v) is 3.54. The van der Waals surface area contributed by atoms with Crippen molar-refractivity contribution in [3.8, 4) is 0 Å². The SMILES string of the molecule is CC(C)(C)OC(=O)N1C[C@@H]2[C@H](C1)N(Cc1ccccc1)CC2(F)F. The molecule has 0 saturated carbocycles. The molecule has 6 heteroatoms. The molecule has 2 fully saturated rings. The molecule has 24 heavy (non-hydrogen) atoms. The topological polar surface area (TPSA) is 32.8 Å². The molecule has 2 saturated heterocycles. The molecular weight excluding hydrogens is 314 g/mol. The summed E-state index contributed by atoms with van der Waals surface area (Å²) >= 11 is 0. The molecule has 132 valence electrons. The molecule has 2 heterocycles. The molecule has 1 amide bonds. The molecular formula is C18H24F2N2O2. The van der Waals surface area contributed by atoms with Crippen LogP contribution >= 0.6 is 0 Å². The van der Waals surface area contributed by atoms with E-state index in [4.69, 9.17) is 4.74 Å². The molecule has 3 rings (SSSR count). The maximum Gasteiger partial charge on any atom is 0.410 e. The largest absolute Gasteiger partial charge is 0.444 e. The van der Waals surface area contributed by atoms with Gasteiger partial charge in [-0.15, -0.1) is 0 Å². The van der Waals surface area contributed by atoms with E-state index in [-0.39, 0.29) is 19.1 Å². The molecule has 0 aromatic heterocycles. The van der Waals surface area contributed by atoms with Gasteiger partial charge in [0, 0.05) is 25.7 Å². The van der Waals surface area contributed by atoms with Gasteiger partial charge in [-0.25, -0.2) is 13.6 Å². The number of halogens is 2. The monoisotopic (exact) mass is 338 g/mol. The highest BCUT2D eigenvalue weighted by molar-refractivity contribution is 5.68. The van der Waals surface area contributed by atoms with E-state index >= 15 is 0 Å². The number of carbonyl (C=O) groups excluding carboxylic acids is 1. The summed E-state index contributed by atoms with van der Waals surface area (Å²) in [7, 11) is 0. The van der Waals surface area contributed by atoms with E-state index in [9.17, 15) is 13.6 Å². The first kappa shape index (κ1) is 17.1. The lowest BCUT2D eigenvalue weighted by molar-refractivity contribution is -0.0323. The smallest absolute Gasteiger partial charge is 0.410 e. The van der Waals surface area contributed by atoms with Crippen molar-refractivity contribution < 1.29 is 18.3 Å². The van der Waals surface area contributed by atoms with Gasteiger partial charge in [0.25, 0.3) is 5.92 Å². The second-order valence-corrected chi connectivity index (χ2v) is 7.71. The quantitative estimate of drug-likeness (QED) is 0.829. The first-order chi connectivity index (χ1) is 11.2. The number of carbonyl (C=O) groups is 1. The van der Waals surface area contributed by atoms with Crippen molar-refractivity contribution >= 4 is 6.09 Å². The van der Waals surface area contributed by atoms with E-state index in [1.54, 1.807) is 25.7 Å². The van der Waals surface area contributed by atoms with Crippen molar-refractivity contribution in [3.63, 3.8) is 0 Å². The highest BCUT2D eigenvalue weighted by Gasteiger charge is 2.58.